The summed E-state index contributed by atoms with van der Waals surface area (Å²) >= 11 is 6.29. The van der Waals surface area contributed by atoms with Crippen LogP contribution in [-0.2, 0) is 9.59 Å². The Labute approximate surface area is 173 Å². The van der Waals surface area contributed by atoms with E-state index in [0.717, 1.165) is 29.9 Å². The predicted molar refractivity (Wildman–Crippen MR) is 115 cm³/mol. The van der Waals surface area contributed by atoms with E-state index in [1.165, 1.54) is 6.92 Å². The SMILES string of the molecule is CC(=O)Nc1ccc(Nc2cc(-c3ccc(N4CCCC4=O)cc3)[nH]n2)c(Cl)c1. The maximum Gasteiger partial charge on any atom is 0.227 e. The van der Waals surface area contributed by atoms with Gasteiger partial charge in [0.2, 0.25) is 11.8 Å². The van der Waals surface area contributed by atoms with E-state index in [2.05, 4.69) is 20.8 Å². The first-order chi connectivity index (χ1) is 14.0. The molecule has 4 rings (SSSR count). The van der Waals surface area contributed by atoms with Crippen molar-refractivity contribution in [1.29, 1.82) is 0 Å². The number of carbonyl (C=O) groups excluding carboxylic acids is 2. The number of benzene rings is 2. The summed E-state index contributed by atoms with van der Waals surface area (Å²) in [6, 6.07) is 14.9. The molecule has 0 saturated carbocycles. The molecule has 148 valence electrons. The zero-order valence-electron chi connectivity index (χ0n) is 15.8. The molecule has 2 amide bonds. The number of hydrogen-bond acceptors (Lipinski definition) is 4. The molecule has 1 aliphatic rings. The molecule has 0 radical (unpaired) electrons. The third kappa shape index (κ3) is 4.25. The van der Waals surface area contributed by atoms with Crippen LogP contribution in [0.2, 0.25) is 5.02 Å². The van der Waals surface area contributed by atoms with Gasteiger partial charge in [0, 0.05) is 37.3 Å². The van der Waals surface area contributed by atoms with Crippen molar-refractivity contribution < 1.29 is 9.59 Å². The van der Waals surface area contributed by atoms with Crippen molar-refractivity contribution in [3.63, 3.8) is 0 Å². The van der Waals surface area contributed by atoms with Crippen molar-refractivity contribution >= 4 is 46.3 Å². The fraction of sp³-hybridized carbons (Fsp3) is 0.190. The van der Waals surface area contributed by atoms with Gasteiger partial charge in [-0.1, -0.05) is 23.7 Å². The highest BCUT2D eigenvalue weighted by Gasteiger charge is 2.21. The van der Waals surface area contributed by atoms with Crippen molar-refractivity contribution in [3.8, 4) is 11.3 Å². The first kappa shape index (κ1) is 19.0. The zero-order valence-corrected chi connectivity index (χ0v) is 16.6. The van der Waals surface area contributed by atoms with E-state index in [1.807, 2.05) is 35.2 Å². The fourth-order valence-electron chi connectivity index (χ4n) is 3.31. The van der Waals surface area contributed by atoms with Crippen LogP contribution in [0.15, 0.2) is 48.5 Å². The van der Waals surface area contributed by atoms with Gasteiger partial charge in [-0.3, -0.25) is 14.7 Å². The molecular weight excluding hydrogens is 390 g/mol. The van der Waals surface area contributed by atoms with Gasteiger partial charge in [-0.15, -0.1) is 0 Å². The van der Waals surface area contributed by atoms with Crippen molar-refractivity contribution in [2.45, 2.75) is 19.8 Å². The van der Waals surface area contributed by atoms with Gasteiger partial charge in [0.15, 0.2) is 5.82 Å². The van der Waals surface area contributed by atoms with Crippen molar-refractivity contribution in [2.24, 2.45) is 0 Å². The molecule has 0 spiro atoms. The van der Waals surface area contributed by atoms with Crippen LogP contribution >= 0.6 is 11.6 Å². The summed E-state index contributed by atoms with van der Waals surface area (Å²) in [7, 11) is 0. The van der Waals surface area contributed by atoms with Crippen LogP contribution < -0.4 is 15.5 Å². The van der Waals surface area contributed by atoms with Gasteiger partial charge >= 0.3 is 0 Å². The molecule has 1 aromatic heterocycles. The molecule has 2 heterocycles. The summed E-state index contributed by atoms with van der Waals surface area (Å²) in [5, 5.41) is 13.6. The molecule has 8 heteroatoms. The number of aromatic amines is 1. The molecule has 7 nitrogen and oxygen atoms in total. The number of rotatable bonds is 5. The van der Waals surface area contributed by atoms with E-state index in [9.17, 15) is 9.59 Å². The molecule has 1 fully saturated rings. The topological polar surface area (TPSA) is 90.1 Å². The summed E-state index contributed by atoms with van der Waals surface area (Å²) in [6.45, 7) is 2.22. The number of hydrogen-bond donors (Lipinski definition) is 3. The monoisotopic (exact) mass is 409 g/mol. The molecule has 0 bridgehead atoms. The van der Waals surface area contributed by atoms with E-state index in [1.54, 1.807) is 18.2 Å². The van der Waals surface area contributed by atoms with E-state index in [-0.39, 0.29) is 11.8 Å². The minimum Gasteiger partial charge on any atom is -0.338 e. The van der Waals surface area contributed by atoms with Gasteiger partial charge in [-0.2, -0.15) is 5.10 Å². The predicted octanol–water partition coefficient (Wildman–Crippen LogP) is 4.56. The third-order valence-corrected chi connectivity index (χ3v) is 5.01. The highest BCUT2D eigenvalue weighted by Crippen LogP contribution is 2.30. The molecule has 0 aliphatic carbocycles. The van der Waals surface area contributed by atoms with E-state index in [4.69, 9.17) is 11.6 Å². The Balaban J connectivity index is 1.47. The summed E-state index contributed by atoms with van der Waals surface area (Å²) in [5.74, 6) is 0.638. The lowest BCUT2D eigenvalue weighted by molar-refractivity contribution is -0.117. The lowest BCUT2D eigenvalue weighted by Gasteiger charge is -2.15. The average Bonchev–Trinajstić information content (AvgIpc) is 3.33. The van der Waals surface area contributed by atoms with Crippen molar-refractivity contribution in [1.82, 2.24) is 10.2 Å². The summed E-state index contributed by atoms with van der Waals surface area (Å²) in [4.78, 5) is 24.8. The number of aromatic nitrogens is 2. The maximum atomic E-state index is 11.9. The number of nitrogens with one attached hydrogen (secondary N) is 3. The number of H-pyrrole nitrogens is 1. The maximum absolute atomic E-state index is 11.9. The van der Waals surface area contributed by atoms with Crippen LogP contribution in [0.3, 0.4) is 0 Å². The second kappa shape index (κ2) is 7.97. The van der Waals surface area contributed by atoms with Gasteiger partial charge in [0.05, 0.1) is 16.4 Å². The van der Waals surface area contributed by atoms with E-state index >= 15 is 0 Å². The molecule has 1 aliphatic heterocycles. The van der Waals surface area contributed by atoms with Gasteiger partial charge in [0.25, 0.3) is 0 Å². The van der Waals surface area contributed by atoms with Crippen molar-refractivity contribution in [3.05, 3.63) is 53.6 Å². The number of amides is 2. The molecule has 3 N–H and O–H groups in total. The molecule has 29 heavy (non-hydrogen) atoms. The van der Waals surface area contributed by atoms with Crippen LogP contribution in [0.25, 0.3) is 11.3 Å². The molecule has 1 saturated heterocycles. The quantitative estimate of drug-likeness (QED) is 0.576. The summed E-state index contributed by atoms with van der Waals surface area (Å²) in [6.07, 6.45) is 1.52. The molecule has 3 aromatic rings. The minimum absolute atomic E-state index is 0.154. The van der Waals surface area contributed by atoms with Gasteiger partial charge in [-0.25, -0.2) is 0 Å². The van der Waals surface area contributed by atoms with Gasteiger partial charge < -0.3 is 15.5 Å². The highest BCUT2D eigenvalue weighted by molar-refractivity contribution is 6.33. The van der Waals surface area contributed by atoms with E-state index < -0.39 is 0 Å². The largest absolute Gasteiger partial charge is 0.338 e. The van der Waals surface area contributed by atoms with Gasteiger partial charge in [0.1, 0.15) is 0 Å². The summed E-state index contributed by atoms with van der Waals surface area (Å²) in [5.41, 5.74) is 4.04. The Morgan fingerprint density at radius 2 is 1.97 bits per heavy atom. The Bertz CT molecular complexity index is 1060. The third-order valence-electron chi connectivity index (χ3n) is 4.69. The number of halogens is 1. The second-order valence-corrected chi connectivity index (χ2v) is 7.27. The molecule has 2 aromatic carbocycles. The van der Waals surface area contributed by atoms with Crippen molar-refractivity contribution in [2.75, 3.05) is 22.1 Å². The smallest absolute Gasteiger partial charge is 0.227 e. The van der Waals surface area contributed by atoms with E-state index in [0.29, 0.717) is 28.6 Å². The standard InChI is InChI=1S/C21H20ClN5O2/c1-13(28)23-15-6-9-18(17(22)11-15)24-20-12-19(25-26-20)14-4-7-16(8-5-14)27-10-2-3-21(27)29/h4-9,11-12H,2-3,10H2,1H3,(H,23,28)(H2,24,25,26). The molecule has 0 atom stereocenters. The minimum atomic E-state index is -0.154. The van der Waals surface area contributed by atoms with Crippen LogP contribution in [0, 0.1) is 0 Å². The Morgan fingerprint density at radius 1 is 1.17 bits per heavy atom. The lowest BCUT2D eigenvalue weighted by Crippen LogP contribution is -2.23. The Morgan fingerprint density at radius 3 is 2.62 bits per heavy atom. The van der Waals surface area contributed by atoms with Crippen LogP contribution in [-0.4, -0.2) is 28.6 Å². The first-order valence-electron chi connectivity index (χ1n) is 9.30. The fourth-order valence-corrected chi connectivity index (χ4v) is 3.54. The number of carbonyl (C=O) groups is 2. The number of nitrogens with zero attached hydrogens (tertiary/aromatic N) is 2. The Kier molecular flexibility index (Phi) is 5.22. The first-order valence-corrected chi connectivity index (χ1v) is 9.68. The van der Waals surface area contributed by atoms with Crippen LogP contribution in [0.4, 0.5) is 22.9 Å². The molecular formula is C21H20ClN5O2. The normalized spacial score (nSPS) is 13.6. The number of anilines is 4. The molecule has 0 unspecified atom stereocenters. The zero-order chi connectivity index (χ0) is 20.4. The Hall–Kier alpha value is -3.32. The lowest BCUT2D eigenvalue weighted by atomic mass is 10.1. The highest BCUT2D eigenvalue weighted by atomic mass is 35.5. The van der Waals surface area contributed by atoms with Crippen LogP contribution in [0.1, 0.15) is 19.8 Å². The average molecular weight is 410 g/mol. The second-order valence-electron chi connectivity index (χ2n) is 6.86. The summed E-state index contributed by atoms with van der Waals surface area (Å²) < 4.78 is 0. The van der Waals surface area contributed by atoms with Gasteiger partial charge in [-0.05, 0) is 42.3 Å². The van der Waals surface area contributed by atoms with Crippen LogP contribution in [0.5, 0.6) is 0 Å².